The summed E-state index contributed by atoms with van der Waals surface area (Å²) >= 11 is 1.63. The SMILES string of the molecule is C=C1NC2=C(C(=O)CC(C)(C)C2)C(c2ccc(C)s2)C1C(=O)OCC. The average Bonchev–Trinajstić information content (AvgIpc) is 2.90. The highest BCUT2D eigenvalue weighted by Crippen LogP contribution is 2.49. The van der Waals surface area contributed by atoms with Crippen LogP contribution in [-0.2, 0) is 14.3 Å². The number of ketones is 1. The predicted molar refractivity (Wildman–Crippen MR) is 99.2 cm³/mol. The Labute approximate surface area is 153 Å². The zero-order valence-electron chi connectivity index (χ0n) is 15.3. The minimum atomic E-state index is -0.568. The highest BCUT2D eigenvalue weighted by molar-refractivity contribution is 7.12. The van der Waals surface area contributed by atoms with Crippen molar-refractivity contribution in [3.05, 3.63) is 45.4 Å². The topological polar surface area (TPSA) is 55.4 Å². The molecule has 0 saturated heterocycles. The molecule has 2 atom stereocenters. The van der Waals surface area contributed by atoms with Crippen molar-refractivity contribution in [1.29, 1.82) is 0 Å². The van der Waals surface area contributed by atoms with E-state index in [1.54, 1.807) is 18.3 Å². The summed E-state index contributed by atoms with van der Waals surface area (Å²) in [6, 6.07) is 4.05. The van der Waals surface area contributed by atoms with E-state index in [-0.39, 0.29) is 23.1 Å². The standard InChI is InChI=1S/C20H25NO3S/c1-6-24-19(23)16-12(3)21-13-9-20(4,5)10-14(22)17(13)18(16)15-8-7-11(2)25-15/h7-8,16,18,21H,3,6,9-10H2,1-2,4-5H3. The molecule has 0 radical (unpaired) electrons. The Bertz CT molecular complexity index is 772. The van der Waals surface area contributed by atoms with Crippen LogP contribution in [0.25, 0.3) is 0 Å². The van der Waals surface area contributed by atoms with Crippen molar-refractivity contribution in [3.8, 4) is 0 Å². The van der Waals surface area contributed by atoms with Crippen LogP contribution in [0, 0.1) is 18.3 Å². The lowest BCUT2D eigenvalue weighted by Gasteiger charge is -2.41. The van der Waals surface area contributed by atoms with Crippen LogP contribution >= 0.6 is 11.3 Å². The van der Waals surface area contributed by atoms with Gasteiger partial charge in [0.15, 0.2) is 5.78 Å². The molecule has 4 nitrogen and oxygen atoms in total. The zero-order chi connectivity index (χ0) is 18.4. The maximum absolute atomic E-state index is 13.0. The van der Waals surface area contributed by atoms with Gasteiger partial charge in [0.2, 0.25) is 0 Å². The summed E-state index contributed by atoms with van der Waals surface area (Å²) < 4.78 is 5.30. The Morgan fingerprint density at radius 1 is 1.40 bits per heavy atom. The second-order valence-electron chi connectivity index (χ2n) is 7.64. The van der Waals surface area contributed by atoms with Crippen LogP contribution in [0.1, 0.15) is 49.3 Å². The summed E-state index contributed by atoms with van der Waals surface area (Å²) in [5.74, 6) is -1.07. The first-order valence-electron chi connectivity index (χ1n) is 8.68. The third-order valence-electron chi connectivity index (χ3n) is 4.86. The predicted octanol–water partition coefficient (Wildman–Crippen LogP) is 4.08. The summed E-state index contributed by atoms with van der Waals surface area (Å²) in [7, 11) is 0. The van der Waals surface area contributed by atoms with E-state index in [9.17, 15) is 9.59 Å². The molecule has 0 fully saturated rings. The third kappa shape index (κ3) is 3.30. The summed E-state index contributed by atoms with van der Waals surface area (Å²) in [6.45, 7) is 12.4. The molecule has 134 valence electrons. The van der Waals surface area contributed by atoms with Crippen molar-refractivity contribution in [2.75, 3.05) is 6.61 Å². The highest BCUT2D eigenvalue weighted by Gasteiger charge is 2.47. The van der Waals surface area contributed by atoms with Crippen molar-refractivity contribution >= 4 is 23.1 Å². The van der Waals surface area contributed by atoms with Crippen molar-refractivity contribution in [1.82, 2.24) is 5.32 Å². The number of nitrogens with one attached hydrogen (secondary N) is 1. The van der Waals surface area contributed by atoms with Gasteiger partial charge in [-0.1, -0.05) is 20.4 Å². The first kappa shape index (κ1) is 17.9. The Kier molecular flexibility index (Phi) is 4.62. The lowest BCUT2D eigenvalue weighted by atomic mass is 9.68. The molecule has 2 aliphatic rings. The van der Waals surface area contributed by atoms with Crippen molar-refractivity contribution in [3.63, 3.8) is 0 Å². The van der Waals surface area contributed by atoms with E-state index in [4.69, 9.17) is 4.74 Å². The molecule has 1 aliphatic heterocycles. The first-order valence-corrected chi connectivity index (χ1v) is 9.50. The number of aryl methyl sites for hydroxylation is 1. The van der Waals surface area contributed by atoms with Gasteiger partial charge in [-0.3, -0.25) is 9.59 Å². The summed E-state index contributed by atoms with van der Waals surface area (Å²) in [6.07, 6.45) is 1.28. The molecule has 0 bridgehead atoms. The molecule has 2 unspecified atom stereocenters. The largest absolute Gasteiger partial charge is 0.465 e. The Morgan fingerprint density at radius 2 is 2.12 bits per heavy atom. The number of esters is 1. The van der Waals surface area contributed by atoms with Gasteiger partial charge in [-0.15, -0.1) is 11.3 Å². The number of hydrogen-bond donors (Lipinski definition) is 1. The lowest BCUT2D eigenvalue weighted by molar-refractivity contribution is -0.147. The fraction of sp³-hybridized carbons (Fsp3) is 0.500. The number of carbonyl (C=O) groups is 2. The molecule has 5 heteroatoms. The van der Waals surface area contributed by atoms with Gasteiger partial charge in [0, 0.05) is 39.1 Å². The van der Waals surface area contributed by atoms with Crippen LogP contribution in [0.2, 0.25) is 0 Å². The Morgan fingerprint density at radius 3 is 2.72 bits per heavy atom. The van der Waals surface area contributed by atoms with Crippen molar-refractivity contribution in [2.45, 2.75) is 46.5 Å². The van der Waals surface area contributed by atoms with Crippen molar-refractivity contribution < 1.29 is 14.3 Å². The molecule has 0 amide bonds. The fourth-order valence-electron chi connectivity index (χ4n) is 3.88. The molecule has 25 heavy (non-hydrogen) atoms. The normalized spacial score (nSPS) is 25.4. The van der Waals surface area contributed by atoms with Gasteiger partial charge < -0.3 is 10.1 Å². The Balaban J connectivity index is 2.14. The van der Waals surface area contributed by atoms with E-state index in [0.717, 1.165) is 27.4 Å². The quantitative estimate of drug-likeness (QED) is 0.826. The van der Waals surface area contributed by atoms with Crippen LogP contribution in [0.15, 0.2) is 35.7 Å². The Hall–Kier alpha value is -1.88. The number of carbonyl (C=O) groups excluding carboxylic acids is 2. The summed E-state index contributed by atoms with van der Waals surface area (Å²) in [4.78, 5) is 27.8. The molecular weight excluding hydrogens is 334 g/mol. The van der Waals surface area contributed by atoms with Crippen molar-refractivity contribution in [2.24, 2.45) is 11.3 Å². The number of ether oxygens (including phenoxy) is 1. The smallest absolute Gasteiger partial charge is 0.315 e. The van der Waals surface area contributed by atoms with E-state index < -0.39 is 5.92 Å². The summed E-state index contributed by atoms with van der Waals surface area (Å²) in [5, 5.41) is 3.27. The van der Waals surface area contributed by atoms with Gasteiger partial charge in [-0.2, -0.15) is 0 Å². The fourth-order valence-corrected chi connectivity index (χ4v) is 4.91. The molecule has 1 aromatic rings. The number of rotatable bonds is 3. The van der Waals surface area contributed by atoms with Crippen LogP contribution < -0.4 is 5.32 Å². The zero-order valence-corrected chi connectivity index (χ0v) is 16.1. The van der Waals surface area contributed by atoms with Gasteiger partial charge in [0.25, 0.3) is 0 Å². The molecule has 0 aromatic carbocycles. The first-order chi connectivity index (χ1) is 11.7. The molecule has 0 saturated carbocycles. The molecule has 1 aromatic heterocycles. The van der Waals surface area contributed by atoms with Crippen LogP contribution in [-0.4, -0.2) is 18.4 Å². The third-order valence-corrected chi connectivity index (χ3v) is 5.94. The van der Waals surface area contributed by atoms with E-state index in [1.807, 2.05) is 19.1 Å². The van der Waals surface area contributed by atoms with E-state index in [0.29, 0.717) is 18.7 Å². The number of allylic oxidation sites excluding steroid dienone is 2. The second-order valence-corrected chi connectivity index (χ2v) is 8.96. The minimum Gasteiger partial charge on any atom is -0.465 e. The molecule has 2 heterocycles. The van der Waals surface area contributed by atoms with Gasteiger partial charge in [-0.25, -0.2) is 0 Å². The maximum atomic E-state index is 13.0. The molecule has 1 N–H and O–H groups in total. The van der Waals surface area contributed by atoms with Gasteiger partial charge in [0.05, 0.1) is 6.61 Å². The monoisotopic (exact) mass is 359 g/mol. The van der Waals surface area contributed by atoms with E-state index in [1.165, 1.54) is 0 Å². The molecule has 0 spiro atoms. The highest BCUT2D eigenvalue weighted by atomic mass is 32.1. The van der Waals surface area contributed by atoms with Crippen LogP contribution in [0.4, 0.5) is 0 Å². The van der Waals surface area contributed by atoms with E-state index in [2.05, 4.69) is 25.7 Å². The van der Waals surface area contributed by atoms with Crippen LogP contribution in [0.5, 0.6) is 0 Å². The van der Waals surface area contributed by atoms with Gasteiger partial charge in [-0.05, 0) is 37.8 Å². The van der Waals surface area contributed by atoms with Gasteiger partial charge >= 0.3 is 5.97 Å². The molecule has 1 aliphatic carbocycles. The lowest BCUT2D eigenvalue weighted by Crippen LogP contribution is -2.43. The molecular formula is C20H25NO3S. The minimum absolute atomic E-state index is 0.0874. The maximum Gasteiger partial charge on any atom is 0.315 e. The van der Waals surface area contributed by atoms with Crippen LogP contribution in [0.3, 0.4) is 0 Å². The number of Topliss-reactive ketones (excluding diaryl/α,β-unsaturated/α-hetero) is 1. The average molecular weight is 359 g/mol. The number of hydrogen-bond acceptors (Lipinski definition) is 5. The number of thiophene rings is 1. The molecule has 3 rings (SSSR count). The van der Waals surface area contributed by atoms with Gasteiger partial charge in [0.1, 0.15) is 5.92 Å². The summed E-state index contributed by atoms with van der Waals surface area (Å²) in [5.41, 5.74) is 2.20. The van der Waals surface area contributed by atoms with E-state index >= 15 is 0 Å². The second kappa shape index (κ2) is 6.45.